The van der Waals surface area contributed by atoms with Crippen LogP contribution in [0.2, 0.25) is 0 Å². The molecule has 8 nitrogen and oxygen atoms in total. The summed E-state index contributed by atoms with van der Waals surface area (Å²) in [5, 5.41) is 12.4. The second-order valence-corrected chi connectivity index (χ2v) is 6.14. The highest BCUT2D eigenvalue weighted by molar-refractivity contribution is 6.46. The van der Waals surface area contributed by atoms with Crippen molar-refractivity contribution in [2.24, 2.45) is 5.92 Å². The van der Waals surface area contributed by atoms with E-state index in [2.05, 4.69) is 16.7 Å². The Morgan fingerprint density at radius 2 is 2.00 bits per heavy atom. The summed E-state index contributed by atoms with van der Waals surface area (Å²) in [7, 11) is 0. The molecule has 26 heavy (non-hydrogen) atoms. The average molecular weight is 386 g/mol. The van der Waals surface area contributed by atoms with Gasteiger partial charge in [-0.25, -0.2) is 4.84 Å². The molecule has 0 radical (unpaired) electrons. The standard InChI is InChI=1S/C17H24ClN3O5/c1-12-15(23)16(24)17(26-12)13(10-19)11-25-14(22)6-3-2-4-7-20-8-5-9-21-18/h13,17,20-21H,1-9,11H2. The van der Waals surface area contributed by atoms with Gasteiger partial charge in [0.1, 0.15) is 12.5 Å². The fraction of sp³-hybridized carbons (Fsp3) is 0.647. The molecule has 2 N–H and O–H groups in total. The third-order valence-electron chi connectivity index (χ3n) is 3.82. The summed E-state index contributed by atoms with van der Waals surface area (Å²) in [6, 6.07) is 1.84. The fourth-order valence-electron chi connectivity index (χ4n) is 2.34. The van der Waals surface area contributed by atoms with Crippen LogP contribution in [-0.2, 0) is 23.9 Å². The zero-order valence-corrected chi connectivity index (χ0v) is 15.3. The highest BCUT2D eigenvalue weighted by atomic mass is 35.5. The summed E-state index contributed by atoms with van der Waals surface area (Å²) >= 11 is 5.34. The van der Waals surface area contributed by atoms with Gasteiger partial charge in [-0.2, -0.15) is 5.26 Å². The summed E-state index contributed by atoms with van der Waals surface area (Å²) < 4.78 is 10.0. The Morgan fingerprint density at radius 1 is 1.27 bits per heavy atom. The number of carbonyl (C=O) groups is 3. The van der Waals surface area contributed by atoms with Crippen LogP contribution < -0.4 is 10.2 Å². The predicted molar refractivity (Wildman–Crippen MR) is 93.9 cm³/mol. The van der Waals surface area contributed by atoms with Crippen LogP contribution in [0.1, 0.15) is 32.1 Å². The third-order valence-corrected chi connectivity index (χ3v) is 4.01. The second-order valence-electron chi connectivity index (χ2n) is 5.87. The molecule has 1 aliphatic rings. The molecule has 1 fully saturated rings. The SMILES string of the molecule is C=C1OC(C(C#N)COC(=O)CCCCCNCCCNCl)C(=O)C1=O. The van der Waals surface area contributed by atoms with E-state index in [1.807, 2.05) is 6.07 Å². The number of hydrogen-bond acceptors (Lipinski definition) is 8. The van der Waals surface area contributed by atoms with Gasteiger partial charge in [0, 0.05) is 13.0 Å². The minimum absolute atomic E-state index is 0.236. The number of nitrogens with zero attached hydrogens (tertiary/aromatic N) is 1. The molecule has 0 aromatic heterocycles. The van der Waals surface area contributed by atoms with Gasteiger partial charge < -0.3 is 14.8 Å². The van der Waals surface area contributed by atoms with Gasteiger partial charge in [-0.3, -0.25) is 14.4 Å². The summed E-state index contributed by atoms with van der Waals surface area (Å²) in [5.74, 6) is -3.41. The number of nitrogens with one attached hydrogen (secondary N) is 2. The molecule has 0 amide bonds. The lowest BCUT2D eigenvalue weighted by Crippen LogP contribution is -2.31. The van der Waals surface area contributed by atoms with Crippen LogP contribution in [0.25, 0.3) is 0 Å². The highest BCUT2D eigenvalue weighted by Gasteiger charge is 2.43. The Labute approximate surface area is 158 Å². The van der Waals surface area contributed by atoms with Crippen LogP contribution >= 0.6 is 11.8 Å². The summed E-state index contributed by atoms with van der Waals surface area (Å²) in [6.45, 7) is 5.53. The molecule has 1 rings (SSSR count). The largest absolute Gasteiger partial charge is 0.477 e. The number of ether oxygens (including phenoxy) is 2. The van der Waals surface area contributed by atoms with E-state index in [-0.39, 0.29) is 18.8 Å². The summed E-state index contributed by atoms with van der Waals surface area (Å²) in [6.07, 6.45) is 2.43. The number of esters is 1. The molecule has 9 heteroatoms. The van der Waals surface area contributed by atoms with E-state index >= 15 is 0 Å². The topological polar surface area (TPSA) is 118 Å². The number of rotatable bonds is 13. The molecule has 1 saturated heterocycles. The Kier molecular flexibility index (Phi) is 10.5. The molecule has 0 aromatic carbocycles. The van der Waals surface area contributed by atoms with Crippen molar-refractivity contribution in [3.63, 3.8) is 0 Å². The first kappa shape index (κ1) is 22.1. The number of Topliss-reactive ketones (excluding diaryl/α,β-unsaturated/α-hetero) is 2. The molecule has 0 saturated carbocycles. The zero-order valence-electron chi connectivity index (χ0n) is 14.6. The van der Waals surface area contributed by atoms with Gasteiger partial charge in [0.15, 0.2) is 11.9 Å². The van der Waals surface area contributed by atoms with Crippen molar-refractivity contribution >= 4 is 29.3 Å². The van der Waals surface area contributed by atoms with Crippen LogP contribution in [0.3, 0.4) is 0 Å². The minimum atomic E-state index is -1.24. The maximum atomic E-state index is 11.7. The van der Waals surface area contributed by atoms with E-state index in [4.69, 9.17) is 26.5 Å². The van der Waals surface area contributed by atoms with Crippen LogP contribution in [0.5, 0.6) is 0 Å². The van der Waals surface area contributed by atoms with E-state index in [0.717, 1.165) is 38.9 Å². The average Bonchev–Trinajstić information content (AvgIpc) is 2.88. The fourth-order valence-corrected chi connectivity index (χ4v) is 2.47. The number of hydrogen-bond donors (Lipinski definition) is 2. The molecule has 144 valence electrons. The number of ketones is 2. The smallest absolute Gasteiger partial charge is 0.305 e. The maximum absolute atomic E-state index is 11.7. The van der Waals surface area contributed by atoms with E-state index in [1.165, 1.54) is 0 Å². The monoisotopic (exact) mass is 385 g/mol. The van der Waals surface area contributed by atoms with Gasteiger partial charge in [-0.15, -0.1) is 0 Å². The van der Waals surface area contributed by atoms with E-state index in [0.29, 0.717) is 6.42 Å². The first-order valence-corrected chi connectivity index (χ1v) is 8.92. The normalized spacial score (nSPS) is 17.7. The van der Waals surface area contributed by atoms with Crippen LogP contribution in [-0.4, -0.2) is 49.9 Å². The Bertz CT molecular complexity index is 561. The van der Waals surface area contributed by atoms with Crippen molar-refractivity contribution in [3.05, 3.63) is 12.3 Å². The van der Waals surface area contributed by atoms with Crippen molar-refractivity contribution in [3.8, 4) is 6.07 Å². The zero-order chi connectivity index (χ0) is 19.4. The lowest BCUT2D eigenvalue weighted by molar-refractivity contribution is -0.146. The molecule has 0 bridgehead atoms. The van der Waals surface area contributed by atoms with E-state index < -0.39 is 29.6 Å². The molecule has 1 heterocycles. The van der Waals surface area contributed by atoms with Crippen molar-refractivity contribution in [2.75, 3.05) is 26.2 Å². The molecule has 0 spiro atoms. The summed E-state index contributed by atoms with van der Waals surface area (Å²) in [5.41, 5.74) is 0. The second kappa shape index (κ2) is 12.4. The Morgan fingerprint density at radius 3 is 2.62 bits per heavy atom. The lowest BCUT2D eigenvalue weighted by Gasteiger charge is -2.14. The van der Waals surface area contributed by atoms with Crippen molar-refractivity contribution < 1.29 is 23.9 Å². The van der Waals surface area contributed by atoms with Gasteiger partial charge >= 0.3 is 5.97 Å². The molecule has 1 aliphatic heterocycles. The van der Waals surface area contributed by atoms with Crippen LogP contribution in [0.15, 0.2) is 12.3 Å². The lowest BCUT2D eigenvalue weighted by atomic mass is 10.0. The van der Waals surface area contributed by atoms with E-state index in [9.17, 15) is 14.4 Å². The van der Waals surface area contributed by atoms with Gasteiger partial charge in [-0.1, -0.05) is 13.0 Å². The molecular formula is C17H24ClN3O5. The van der Waals surface area contributed by atoms with Gasteiger partial charge in [0.05, 0.1) is 6.07 Å². The van der Waals surface area contributed by atoms with Crippen molar-refractivity contribution in [1.82, 2.24) is 10.2 Å². The molecule has 0 aliphatic carbocycles. The number of nitriles is 1. The van der Waals surface area contributed by atoms with E-state index in [1.54, 1.807) is 0 Å². The van der Waals surface area contributed by atoms with Crippen LogP contribution in [0, 0.1) is 17.2 Å². The third kappa shape index (κ3) is 7.52. The first-order valence-electron chi connectivity index (χ1n) is 8.54. The number of halogens is 1. The number of unbranched alkanes of at least 4 members (excludes halogenated alkanes) is 2. The molecule has 2 unspecified atom stereocenters. The van der Waals surface area contributed by atoms with Crippen LogP contribution in [0.4, 0.5) is 0 Å². The van der Waals surface area contributed by atoms with Crippen molar-refractivity contribution in [2.45, 2.75) is 38.2 Å². The quantitative estimate of drug-likeness (QED) is 0.158. The maximum Gasteiger partial charge on any atom is 0.305 e. The van der Waals surface area contributed by atoms with Gasteiger partial charge in [0.2, 0.25) is 5.78 Å². The Hall–Kier alpha value is -1.95. The first-order chi connectivity index (χ1) is 12.5. The van der Waals surface area contributed by atoms with Gasteiger partial charge in [-0.05, 0) is 44.1 Å². The van der Waals surface area contributed by atoms with Gasteiger partial charge in [0.25, 0.3) is 5.78 Å². The molecular weight excluding hydrogens is 362 g/mol. The predicted octanol–water partition coefficient (Wildman–Crippen LogP) is 1.00. The highest BCUT2D eigenvalue weighted by Crippen LogP contribution is 2.21. The number of allylic oxidation sites excluding steroid dienone is 1. The minimum Gasteiger partial charge on any atom is -0.477 e. The van der Waals surface area contributed by atoms with Crippen molar-refractivity contribution in [1.29, 1.82) is 5.26 Å². The Balaban J connectivity index is 2.14. The molecule has 0 aromatic rings. The number of carbonyl (C=O) groups excluding carboxylic acids is 3. The molecule has 2 atom stereocenters. The summed E-state index contributed by atoms with van der Waals surface area (Å²) in [4.78, 5) is 37.3.